The molecule has 0 spiro atoms. The molecule has 0 saturated carbocycles. The van der Waals surface area contributed by atoms with Crippen molar-refractivity contribution in [2.75, 3.05) is 39.1 Å². The average Bonchev–Trinajstić information content (AvgIpc) is 2.72. The van der Waals surface area contributed by atoms with Gasteiger partial charge in [-0.3, -0.25) is 9.80 Å². The van der Waals surface area contributed by atoms with Gasteiger partial charge >= 0.3 is 0 Å². The molecule has 0 aliphatic carbocycles. The van der Waals surface area contributed by atoms with E-state index in [9.17, 15) is 5.11 Å². The lowest BCUT2D eigenvalue weighted by Crippen LogP contribution is -2.52. The summed E-state index contributed by atoms with van der Waals surface area (Å²) in [5.74, 6) is 0.976. The summed E-state index contributed by atoms with van der Waals surface area (Å²) < 4.78 is 5.81. The van der Waals surface area contributed by atoms with Crippen LogP contribution in [0.2, 0.25) is 0 Å². The highest BCUT2D eigenvalue weighted by atomic mass is 32.2. The molecule has 4 nitrogen and oxygen atoms in total. The molecule has 0 unspecified atom stereocenters. The zero-order valence-corrected chi connectivity index (χ0v) is 17.8. The molecule has 1 N–H and O–H groups in total. The van der Waals surface area contributed by atoms with Gasteiger partial charge in [-0.25, -0.2) is 0 Å². The average molecular weight is 401 g/mol. The summed E-state index contributed by atoms with van der Waals surface area (Å²) in [6.45, 7) is 7.81. The van der Waals surface area contributed by atoms with Crippen LogP contribution in [0.15, 0.2) is 53.4 Å². The van der Waals surface area contributed by atoms with E-state index in [1.807, 2.05) is 13.0 Å². The van der Waals surface area contributed by atoms with Crippen molar-refractivity contribution in [3.8, 4) is 5.75 Å². The third kappa shape index (κ3) is 5.74. The number of aliphatic hydroxyl groups excluding tert-OH is 1. The van der Waals surface area contributed by atoms with Crippen LogP contribution in [0.25, 0.3) is 0 Å². The highest BCUT2D eigenvalue weighted by Gasteiger charge is 2.27. The number of hydrogen-bond acceptors (Lipinski definition) is 5. The highest BCUT2D eigenvalue weighted by molar-refractivity contribution is 7.98. The number of aliphatic hydroxyl groups is 1. The highest BCUT2D eigenvalue weighted by Crippen LogP contribution is 2.24. The molecule has 0 radical (unpaired) electrons. The summed E-state index contributed by atoms with van der Waals surface area (Å²) in [4.78, 5) is 6.34. The number of thioether (sulfide) groups is 1. The van der Waals surface area contributed by atoms with Crippen molar-refractivity contribution >= 4 is 11.8 Å². The van der Waals surface area contributed by atoms with E-state index in [-0.39, 0.29) is 6.61 Å². The number of rotatable bonds is 9. The van der Waals surface area contributed by atoms with Crippen LogP contribution >= 0.6 is 11.8 Å². The molecule has 1 heterocycles. The van der Waals surface area contributed by atoms with E-state index in [0.29, 0.717) is 12.6 Å². The standard InChI is InChI=1S/C23H32N2O2S/c1-3-27-23-10-5-4-8-20(23)17-25-13-12-24(18-21(25)11-14-26)16-19-7-6-9-22(15-19)28-2/h4-10,15,21,26H,3,11-14,16-18H2,1-2H3/t21-/m1/s1. The summed E-state index contributed by atoms with van der Waals surface area (Å²) in [6, 6.07) is 17.5. The van der Waals surface area contributed by atoms with Crippen molar-refractivity contribution < 1.29 is 9.84 Å². The molecular weight excluding hydrogens is 368 g/mol. The molecule has 0 amide bonds. The van der Waals surface area contributed by atoms with Gasteiger partial charge in [0.2, 0.25) is 0 Å². The third-order valence-corrected chi connectivity index (χ3v) is 6.06. The fraction of sp³-hybridized carbons (Fsp3) is 0.478. The van der Waals surface area contributed by atoms with Crippen LogP contribution in [0.1, 0.15) is 24.5 Å². The number of ether oxygens (including phenoxy) is 1. The molecule has 0 bridgehead atoms. The van der Waals surface area contributed by atoms with Gasteiger partial charge in [0.1, 0.15) is 5.75 Å². The smallest absolute Gasteiger partial charge is 0.123 e. The van der Waals surface area contributed by atoms with Gasteiger partial charge in [-0.15, -0.1) is 11.8 Å². The van der Waals surface area contributed by atoms with Crippen LogP contribution in [0.3, 0.4) is 0 Å². The fourth-order valence-corrected chi connectivity index (χ4v) is 4.39. The van der Waals surface area contributed by atoms with E-state index in [4.69, 9.17) is 4.74 Å². The minimum Gasteiger partial charge on any atom is -0.494 e. The van der Waals surface area contributed by atoms with E-state index >= 15 is 0 Å². The van der Waals surface area contributed by atoms with Crippen LogP contribution in [0.4, 0.5) is 0 Å². The fourth-order valence-electron chi connectivity index (χ4n) is 3.91. The third-order valence-electron chi connectivity index (χ3n) is 5.34. The van der Waals surface area contributed by atoms with Gasteiger partial charge in [-0.1, -0.05) is 30.3 Å². The first kappa shape index (κ1) is 21.2. The lowest BCUT2D eigenvalue weighted by Gasteiger charge is -2.41. The Morgan fingerprint density at radius 2 is 1.96 bits per heavy atom. The summed E-state index contributed by atoms with van der Waals surface area (Å²) >= 11 is 1.79. The van der Waals surface area contributed by atoms with E-state index in [2.05, 4.69) is 58.5 Å². The Balaban J connectivity index is 1.65. The van der Waals surface area contributed by atoms with Gasteiger partial charge in [0.25, 0.3) is 0 Å². The predicted molar refractivity (Wildman–Crippen MR) is 117 cm³/mol. The maximum absolute atomic E-state index is 9.61. The maximum atomic E-state index is 9.61. The molecule has 1 atom stereocenters. The molecule has 28 heavy (non-hydrogen) atoms. The van der Waals surface area contributed by atoms with Crippen molar-refractivity contribution in [2.24, 2.45) is 0 Å². The number of piperazine rings is 1. The number of hydrogen-bond donors (Lipinski definition) is 1. The SMILES string of the molecule is CCOc1ccccc1CN1CCN(Cc2cccc(SC)c2)C[C@H]1CCO. The summed E-state index contributed by atoms with van der Waals surface area (Å²) in [5, 5.41) is 9.61. The minimum absolute atomic E-state index is 0.226. The molecule has 1 saturated heterocycles. The Morgan fingerprint density at radius 1 is 1.11 bits per heavy atom. The predicted octanol–water partition coefficient (Wildman–Crippen LogP) is 3.88. The Bertz CT molecular complexity index is 740. The molecule has 1 aliphatic rings. The Kier molecular flexibility index (Phi) is 8.22. The Hall–Kier alpha value is -1.53. The molecule has 1 aliphatic heterocycles. The second-order valence-electron chi connectivity index (χ2n) is 7.26. The van der Waals surface area contributed by atoms with Crippen molar-refractivity contribution in [1.82, 2.24) is 9.80 Å². The summed E-state index contributed by atoms with van der Waals surface area (Å²) in [6.07, 6.45) is 2.92. The lowest BCUT2D eigenvalue weighted by molar-refractivity contribution is 0.0494. The summed E-state index contributed by atoms with van der Waals surface area (Å²) in [7, 11) is 0. The molecule has 5 heteroatoms. The minimum atomic E-state index is 0.226. The van der Waals surface area contributed by atoms with Crippen LogP contribution < -0.4 is 4.74 Å². The van der Waals surface area contributed by atoms with Crippen molar-refractivity contribution in [2.45, 2.75) is 37.4 Å². The molecular formula is C23H32N2O2S. The number of benzene rings is 2. The first-order valence-corrected chi connectivity index (χ1v) is 11.4. The Labute approximate surface area is 173 Å². The lowest BCUT2D eigenvalue weighted by atomic mass is 10.1. The van der Waals surface area contributed by atoms with Crippen molar-refractivity contribution in [3.05, 3.63) is 59.7 Å². The molecule has 1 fully saturated rings. The van der Waals surface area contributed by atoms with Gasteiger partial charge in [-0.05, 0) is 43.4 Å². The van der Waals surface area contributed by atoms with Crippen molar-refractivity contribution in [1.29, 1.82) is 0 Å². The van der Waals surface area contributed by atoms with E-state index in [0.717, 1.165) is 44.9 Å². The van der Waals surface area contributed by atoms with E-state index in [1.165, 1.54) is 16.0 Å². The van der Waals surface area contributed by atoms with Gasteiger partial charge in [0.05, 0.1) is 6.61 Å². The maximum Gasteiger partial charge on any atom is 0.123 e. The molecule has 152 valence electrons. The topological polar surface area (TPSA) is 35.9 Å². The Morgan fingerprint density at radius 3 is 2.75 bits per heavy atom. The molecule has 2 aromatic carbocycles. The first-order valence-electron chi connectivity index (χ1n) is 10.1. The van der Waals surface area contributed by atoms with Gasteiger partial charge in [-0.2, -0.15) is 0 Å². The normalized spacial score (nSPS) is 18.3. The van der Waals surface area contributed by atoms with E-state index < -0.39 is 0 Å². The zero-order chi connectivity index (χ0) is 19.8. The van der Waals surface area contributed by atoms with Crippen molar-refractivity contribution in [3.63, 3.8) is 0 Å². The second-order valence-corrected chi connectivity index (χ2v) is 8.14. The second kappa shape index (κ2) is 10.9. The summed E-state index contributed by atoms with van der Waals surface area (Å²) in [5.41, 5.74) is 2.60. The number of para-hydroxylation sites is 1. The quantitative estimate of drug-likeness (QED) is 0.647. The van der Waals surface area contributed by atoms with Gasteiger partial charge in [0, 0.05) is 55.8 Å². The van der Waals surface area contributed by atoms with Crippen LogP contribution in [0, 0.1) is 0 Å². The monoisotopic (exact) mass is 400 g/mol. The molecule has 2 aromatic rings. The first-order chi connectivity index (χ1) is 13.7. The molecule has 0 aromatic heterocycles. The van der Waals surface area contributed by atoms with Gasteiger partial charge < -0.3 is 9.84 Å². The van der Waals surface area contributed by atoms with Crippen LogP contribution in [-0.4, -0.2) is 60.1 Å². The van der Waals surface area contributed by atoms with E-state index in [1.54, 1.807) is 11.8 Å². The largest absolute Gasteiger partial charge is 0.494 e. The van der Waals surface area contributed by atoms with Crippen LogP contribution in [-0.2, 0) is 13.1 Å². The zero-order valence-electron chi connectivity index (χ0n) is 17.0. The van der Waals surface area contributed by atoms with Gasteiger partial charge in [0.15, 0.2) is 0 Å². The number of nitrogens with zero attached hydrogens (tertiary/aromatic N) is 2. The van der Waals surface area contributed by atoms with Crippen LogP contribution in [0.5, 0.6) is 5.75 Å². The molecule has 3 rings (SSSR count).